The van der Waals surface area contributed by atoms with Crippen LogP contribution in [0.1, 0.15) is 21.9 Å². The molecule has 1 amide bonds. The maximum absolute atomic E-state index is 11.0. The summed E-state index contributed by atoms with van der Waals surface area (Å²) in [6.07, 6.45) is 3.86. The number of nitrogens with zero attached hydrogens (tertiary/aromatic N) is 2. The molecule has 0 aliphatic carbocycles. The van der Waals surface area contributed by atoms with Crippen LogP contribution in [0.2, 0.25) is 5.02 Å². The monoisotopic (exact) mass is 286 g/mol. The average Bonchev–Trinajstić information content (AvgIpc) is 2.87. The number of pyridine rings is 1. The summed E-state index contributed by atoms with van der Waals surface area (Å²) >= 11 is 5.94. The van der Waals surface area contributed by atoms with Gasteiger partial charge in [0.25, 0.3) is 5.91 Å². The summed E-state index contributed by atoms with van der Waals surface area (Å²) in [5.41, 5.74) is 7.94. The predicted octanol–water partition coefficient (Wildman–Crippen LogP) is 2.30. The number of benzene rings is 1. The summed E-state index contributed by atoms with van der Waals surface area (Å²) in [6, 6.07) is 7.80. The van der Waals surface area contributed by atoms with Crippen molar-refractivity contribution in [2.45, 2.75) is 6.42 Å². The van der Waals surface area contributed by atoms with Gasteiger partial charge in [-0.2, -0.15) is 0 Å². The molecule has 0 unspecified atom stereocenters. The predicted molar refractivity (Wildman–Crippen MR) is 76.7 cm³/mol. The van der Waals surface area contributed by atoms with E-state index in [2.05, 4.69) is 15.0 Å². The molecule has 2 aromatic heterocycles. The number of aromatic amines is 1. The van der Waals surface area contributed by atoms with Crippen molar-refractivity contribution in [2.75, 3.05) is 0 Å². The molecule has 1 aromatic carbocycles. The molecule has 5 nitrogen and oxygen atoms in total. The van der Waals surface area contributed by atoms with Crippen LogP contribution in [-0.4, -0.2) is 20.9 Å². The van der Waals surface area contributed by atoms with Crippen molar-refractivity contribution in [3.63, 3.8) is 0 Å². The Labute approximate surface area is 119 Å². The van der Waals surface area contributed by atoms with E-state index >= 15 is 0 Å². The fraction of sp³-hybridized carbons (Fsp3) is 0.0714. The molecule has 20 heavy (non-hydrogen) atoms. The molecule has 3 aromatic rings. The third-order valence-corrected chi connectivity index (χ3v) is 3.18. The fourth-order valence-corrected chi connectivity index (χ4v) is 2.22. The maximum Gasteiger partial charge on any atom is 0.284 e. The van der Waals surface area contributed by atoms with Crippen LogP contribution in [0.4, 0.5) is 0 Å². The van der Waals surface area contributed by atoms with E-state index < -0.39 is 5.91 Å². The number of aromatic nitrogens is 3. The SMILES string of the molecule is NC(=O)c1ncc(Cc2ccc3ncc(Cl)cc3c2)[nH]1. The number of fused-ring (bicyclic) bond motifs is 1. The first-order chi connectivity index (χ1) is 9.61. The highest BCUT2D eigenvalue weighted by Crippen LogP contribution is 2.19. The number of nitrogens with one attached hydrogen (secondary N) is 1. The summed E-state index contributed by atoms with van der Waals surface area (Å²) in [6.45, 7) is 0. The Morgan fingerprint density at radius 2 is 2.10 bits per heavy atom. The number of primary amides is 1. The summed E-state index contributed by atoms with van der Waals surface area (Å²) in [5, 5.41) is 1.58. The molecule has 3 N–H and O–H groups in total. The van der Waals surface area contributed by atoms with Crippen LogP contribution in [0.3, 0.4) is 0 Å². The van der Waals surface area contributed by atoms with Crippen LogP contribution in [0, 0.1) is 0 Å². The number of carbonyl (C=O) groups excluding carboxylic acids is 1. The summed E-state index contributed by atoms with van der Waals surface area (Å²) in [4.78, 5) is 22.0. The Hall–Kier alpha value is -2.40. The zero-order valence-corrected chi connectivity index (χ0v) is 11.2. The van der Waals surface area contributed by atoms with Gasteiger partial charge in [0.15, 0.2) is 5.82 Å². The lowest BCUT2D eigenvalue weighted by Gasteiger charge is -2.02. The van der Waals surface area contributed by atoms with Crippen molar-refractivity contribution >= 4 is 28.4 Å². The number of amides is 1. The molecule has 0 radical (unpaired) electrons. The number of imidazole rings is 1. The molecule has 0 aliphatic heterocycles. The van der Waals surface area contributed by atoms with E-state index in [0.29, 0.717) is 11.4 Å². The summed E-state index contributed by atoms with van der Waals surface area (Å²) in [5.74, 6) is -0.392. The second kappa shape index (κ2) is 4.94. The van der Waals surface area contributed by atoms with Crippen LogP contribution in [-0.2, 0) is 6.42 Å². The zero-order chi connectivity index (χ0) is 14.1. The first kappa shape index (κ1) is 12.6. The molecule has 0 fully saturated rings. The van der Waals surface area contributed by atoms with Gasteiger partial charge in [-0.25, -0.2) is 4.98 Å². The van der Waals surface area contributed by atoms with Crippen molar-refractivity contribution in [2.24, 2.45) is 5.73 Å². The van der Waals surface area contributed by atoms with E-state index in [1.165, 1.54) is 0 Å². The van der Waals surface area contributed by atoms with Gasteiger partial charge in [0, 0.05) is 29.9 Å². The van der Waals surface area contributed by atoms with E-state index in [0.717, 1.165) is 22.2 Å². The molecule has 0 saturated heterocycles. The second-order valence-electron chi connectivity index (χ2n) is 4.48. The number of hydrogen-bond acceptors (Lipinski definition) is 3. The minimum Gasteiger partial charge on any atom is -0.363 e. The van der Waals surface area contributed by atoms with Gasteiger partial charge in [-0.3, -0.25) is 9.78 Å². The largest absolute Gasteiger partial charge is 0.363 e. The van der Waals surface area contributed by atoms with Crippen molar-refractivity contribution in [3.8, 4) is 0 Å². The van der Waals surface area contributed by atoms with E-state index in [9.17, 15) is 4.79 Å². The number of hydrogen-bond donors (Lipinski definition) is 2. The molecule has 0 aliphatic rings. The minimum atomic E-state index is -0.564. The van der Waals surface area contributed by atoms with Gasteiger partial charge in [-0.1, -0.05) is 17.7 Å². The third-order valence-electron chi connectivity index (χ3n) is 2.97. The van der Waals surface area contributed by atoms with Crippen molar-refractivity contribution < 1.29 is 4.79 Å². The molecule has 0 bridgehead atoms. The first-order valence-electron chi connectivity index (χ1n) is 6.00. The second-order valence-corrected chi connectivity index (χ2v) is 4.92. The van der Waals surface area contributed by atoms with E-state index in [-0.39, 0.29) is 5.82 Å². The van der Waals surface area contributed by atoms with Crippen molar-refractivity contribution in [3.05, 3.63) is 58.8 Å². The van der Waals surface area contributed by atoms with Crippen LogP contribution in [0.5, 0.6) is 0 Å². The maximum atomic E-state index is 11.0. The van der Waals surface area contributed by atoms with Crippen LogP contribution >= 0.6 is 11.6 Å². The van der Waals surface area contributed by atoms with Crippen molar-refractivity contribution in [1.82, 2.24) is 15.0 Å². The molecule has 0 spiro atoms. The number of halogens is 1. The topological polar surface area (TPSA) is 84.7 Å². The quantitative estimate of drug-likeness (QED) is 0.775. The molecular formula is C14H11ClN4O. The Morgan fingerprint density at radius 1 is 1.25 bits per heavy atom. The van der Waals surface area contributed by atoms with E-state index in [4.69, 9.17) is 17.3 Å². The lowest BCUT2D eigenvalue weighted by atomic mass is 10.1. The van der Waals surface area contributed by atoms with Gasteiger partial charge in [0.2, 0.25) is 0 Å². The highest BCUT2D eigenvalue weighted by atomic mass is 35.5. The number of rotatable bonds is 3. The summed E-state index contributed by atoms with van der Waals surface area (Å²) in [7, 11) is 0. The van der Waals surface area contributed by atoms with Gasteiger partial charge in [-0.05, 0) is 23.8 Å². The Morgan fingerprint density at radius 3 is 2.85 bits per heavy atom. The van der Waals surface area contributed by atoms with Crippen LogP contribution < -0.4 is 5.73 Å². The first-order valence-corrected chi connectivity index (χ1v) is 6.37. The normalized spacial score (nSPS) is 10.8. The number of carbonyl (C=O) groups is 1. The molecule has 3 rings (SSSR count). The average molecular weight is 287 g/mol. The van der Waals surface area contributed by atoms with Crippen LogP contribution in [0.15, 0.2) is 36.7 Å². The van der Waals surface area contributed by atoms with Crippen molar-refractivity contribution in [1.29, 1.82) is 0 Å². The van der Waals surface area contributed by atoms with Gasteiger partial charge < -0.3 is 10.7 Å². The lowest BCUT2D eigenvalue weighted by Crippen LogP contribution is -2.12. The Bertz CT molecular complexity index is 797. The lowest BCUT2D eigenvalue weighted by molar-refractivity contribution is 0.0991. The van der Waals surface area contributed by atoms with Crippen LogP contribution in [0.25, 0.3) is 10.9 Å². The smallest absolute Gasteiger partial charge is 0.284 e. The molecule has 0 saturated carbocycles. The molecular weight excluding hydrogens is 276 g/mol. The highest BCUT2D eigenvalue weighted by Gasteiger charge is 2.07. The highest BCUT2D eigenvalue weighted by molar-refractivity contribution is 6.31. The van der Waals surface area contributed by atoms with Gasteiger partial charge >= 0.3 is 0 Å². The zero-order valence-electron chi connectivity index (χ0n) is 10.4. The molecule has 100 valence electrons. The third kappa shape index (κ3) is 2.48. The number of H-pyrrole nitrogens is 1. The van der Waals surface area contributed by atoms with E-state index in [1.54, 1.807) is 12.4 Å². The summed E-state index contributed by atoms with van der Waals surface area (Å²) < 4.78 is 0. The molecule has 0 atom stereocenters. The Kier molecular flexibility index (Phi) is 3.12. The number of nitrogens with two attached hydrogens (primary N) is 1. The molecule has 6 heteroatoms. The van der Waals surface area contributed by atoms with Gasteiger partial charge in [0.1, 0.15) is 0 Å². The minimum absolute atomic E-state index is 0.172. The van der Waals surface area contributed by atoms with Gasteiger partial charge in [-0.15, -0.1) is 0 Å². The molecule has 2 heterocycles. The fourth-order valence-electron chi connectivity index (χ4n) is 2.06. The Balaban J connectivity index is 1.91. The standard InChI is InChI=1S/C14H11ClN4O/c15-10-5-9-3-8(1-2-12(9)17-6-10)4-11-7-18-14(19-11)13(16)20/h1-3,5-7H,4H2,(H2,16,20)(H,18,19). The van der Waals surface area contributed by atoms with E-state index in [1.807, 2.05) is 24.3 Å². The van der Waals surface area contributed by atoms with Gasteiger partial charge in [0.05, 0.1) is 10.5 Å².